The summed E-state index contributed by atoms with van der Waals surface area (Å²) in [6.07, 6.45) is 1.62. The monoisotopic (exact) mass is 298 g/mol. The zero-order chi connectivity index (χ0) is 16.0. The van der Waals surface area contributed by atoms with Gasteiger partial charge in [0, 0.05) is 6.20 Å². The van der Waals surface area contributed by atoms with Crippen LogP contribution in [0.25, 0.3) is 22.3 Å². The van der Waals surface area contributed by atoms with Gasteiger partial charge in [-0.05, 0) is 49.6 Å². The minimum absolute atomic E-state index is 0.174. The van der Waals surface area contributed by atoms with E-state index in [0.29, 0.717) is 33.9 Å². The summed E-state index contributed by atoms with van der Waals surface area (Å²) in [6.45, 7) is 5.79. The van der Waals surface area contributed by atoms with Crippen molar-refractivity contribution >= 4 is 16.8 Å². The van der Waals surface area contributed by atoms with E-state index >= 15 is 0 Å². The van der Waals surface area contributed by atoms with Crippen LogP contribution < -0.4 is 10.5 Å². The molecule has 3 N–H and O–H groups in total. The molecule has 0 aliphatic carbocycles. The topological polar surface area (TPSA) is 81.5 Å². The lowest BCUT2D eigenvalue weighted by atomic mass is 9.99. The number of aromatic hydroxyl groups is 1. The highest BCUT2D eigenvalue weighted by molar-refractivity contribution is 6.00. The summed E-state index contributed by atoms with van der Waals surface area (Å²) in [5.74, 6) is 1.47. The average Bonchev–Trinajstić information content (AvgIpc) is 2.90. The zero-order valence-electron chi connectivity index (χ0n) is 13.0. The molecule has 5 nitrogen and oxygen atoms in total. The fraction of sp³-hybridized carbons (Fsp3) is 0.235. The van der Waals surface area contributed by atoms with Gasteiger partial charge in [-0.15, -0.1) is 0 Å². The van der Waals surface area contributed by atoms with Crippen molar-refractivity contribution in [3.05, 3.63) is 35.0 Å². The van der Waals surface area contributed by atoms with Gasteiger partial charge in [0.25, 0.3) is 0 Å². The Bertz CT molecular complexity index is 881. The number of hydrogen-bond acceptors (Lipinski definition) is 5. The maximum atomic E-state index is 10.5. The highest BCUT2D eigenvalue weighted by Crippen LogP contribution is 2.48. The van der Waals surface area contributed by atoms with Crippen molar-refractivity contribution in [1.29, 1.82) is 0 Å². The van der Waals surface area contributed by atoms with Gasteiger partial charge in [0.05, 0.1) is 12.7 Å². The molecule has 0 unspecified atom stereocenters. The van der Waals surface area contributed by atoms with Crippen LogP contribution in [-0.2, 0) is 0 Å². The molecule has 0 radical (unpaired) electrons. The molecule has 0 atom stereocenters. The summed E-state index contributed by atoms with van der Waals surface area (Å²) in [5.41, 5.74) is 9.97. The van der Waals surface area contributed by atoms with Crippen molar-refractivity contribution in [2.45, 2.75) is 20.8 Å². The molecule has 2 heterocycles. The highest BCUT2D eigenvalue weighted by Gasteiger charge is 2.25. The number of fused-ring (bicyclic) bond motifs is 1. The number of rotatable bonds is 2. The molecule has 1 aromatic carbocycles. The Hall–Kier alpha value is -2.69. The van der Waals surface area contributed by atoms with Gasteiger partial charge in [-0.25, -0.2) is 4.98 Å². The second kappa shape index (κ2) is 4.94. The van der Waals surface area contributed by atoms with Crippen molar-refractivity contribution in [2.24, 2.45) is 0 Å². The number of aryl methyl sites for hydroxylation is 1. The number of phenolic OH excluding ortho intramolecular Hbond substituents is 1. The summed E-state index contributed by atoms with van der Waals surface area (Å²) in [6, 6.07) is 3.59. The molecule has 0 amide bonds. The van der Waals surface area contributed by atoms with Crippen molar-refractivity contribution in [1.82, 2.24) is 4.98 Å². The van der Waals surface area contributed by atoms with Gasteiger partial charge in [0.1, 0.15) is 22.5 Å². The predicted octanol–water partition coefficient (Wildman–Crippen LogP) is 3.72. The number of ether oxygens (including phenoxy) is 1. The van der Waals surface area contributed by atoms with E-state index in [0.717, 1.165) is 16.7 Å². The second-order valence-corrected chi connectivity index (χ2v) is 5.33. The number of anilines is 1. The standard InChI is InChI=1S/C17H18N2O3/c1-8-9(2)13(20)12-14(10(8)3)22-15(16(12)21-4)11-6-5-7-19-17(11)18/h5-7,20H,1-4H3,(H2,18,19). The highest BCUT2D eigenvalue weighted by atomic mass is 16.5. The Morgan fingerprint density at radius 2 is 1.91 bits per heavy atom. The third-order valence-electron chi connectivity index (χ3n) is 4.21. The number of furan rings is 1. The number of aromatic nitrogens is 1. The lowest BCUT2D eigenvalue weighted by Gasteiger charge is -2.09. The SMILES string of the molecule is COc1c(-c2cccnc2N)oc2c(C)c(C)c(C)c(O)c12. The second-order valence-electron chi connectivity index (χ2n) is 5.33. The third-order valence-corrected chi connectivity index (χ3v) is 4.21. The number of phenols is 1. The van der Waals surface area contributed by atoms with E-state index in [4.69, 9.17) is 14.9 Å². The molecule has 0 spiro atoms. The van der Waals surface area contributed by atoms with Crippen LogP contribution in [-0.4, -0.2) is 17.2 Å². The Balaban J connectivity index is 2.46. The summed E-state index contributed by atoms with van der Waals surface area (Å²) >= 11 is 0. The summed E-state index contributed by atoms with van der Waals surface area (Å²) in [5, 5.41) is 11.1. The number of pyridine rings is 1. The predicted molar refractivity (Wildman–Crippen MR) is 86.3 cm³/mol. The minimum Gasteiger partial charge on any atom is -0.507 e. The molecule has 0 aliphatic heterocycles. The lowest BCUT2D eigenvalue weighted by Crippen LogP contribution is -1.93. The summed E-state index contributed by atoms with van der Waals surface area (Å²) < 4.78 is 11.5. The van der Waals surface area contributed by atoms with Gasteiger partial charge in [0.15, 0.2) is 11.5 Å². The van der Waals surface area contributed by atoms with Gasteiger partial charge < -0.3 is 20.0 Å². The molecular weight excluding hydrogens is 280 g/mol. The van der Waals surface area contributed by atoms with Crippen LogP contribution in [0.5, 0.6) is 11.5 Å². The number of methoxy groups -OCH3 is 1. The summed E-state index contributed by atoms with van der Waals surface area (Å²) in [4.78, 5) is 4.08. The normalized spacial score (nSPS) is 11.1. The Morgan fingerprint density at radius 1 is 1.18 bits per heavy atom. The van der Waals surface area contributed by atoms with E-state index in [9.17, 15) is 5.11 Å². The maximum absolute atomic E-state index is 10.5. The fourth-order valence-electron chi connectivity index (χ4n) is 2.69. The molecule has 114 valence electrons. The van der Waals surface area contributed by atoms with Crippen LogP contribution in [0.4, 0.5) is 5.82 Å². The van der Waals surface area contributed by atoms with Crippen molar-refractivity contribution < 1.29 is 14.3 Å². The van der Waals surface area contributed by atoms with Crippen molar-refractivity contribution in [2.75, 3.05) is 12.8 Å². The van der Waals surface area contributed by atoms with Gasteiger partial charge in [0.2, 0.25) is 0 Å². The van der Waals surface area contributed by atoms with Crippen molar-refractivity contribution in [3.8, 4) is 22.8 Å². The number of hydrogen-bond donors (Lipinski definition) is 2. The number of benzene rings is 1. The molecular formula is C17H18N2O3. The first kappa shape index (κ1) is 14.3. The average molecular weight is 298 g/mol. The Labute approximate surface area is 128 Å². The van der Waals surface area contributed by atoms with Gasteiger partial charge >= 0.3 is 0 Å². The molecule has 0 fully saturated rings. The van der Waals surface area contributed by atoms with E-state index in [1.165, 1.54) is 0 Å². The van der Waals surface area contributed by atoms with E-state index in [-0.39, 0.29) is 5.75 Å². The first-order valence-corrected chi connectivity index (χ1v) is 6.97. The van der Waals surface area contributed by atoms with Crippen molar-refractivity contribution in [3.63, 3.8) is 0 Å². The first-order valence-electron chi connectivity index (χ1n) is 6.97. The number of nitrogens with two attached hydrogens (primary N) is 1. The zero-order valence-corrected chi connectivity index (χ0v) is 13.0. The van der Waals surface area contributed by atoms with Crippen LogP contribution in [0.3, 0.4) is 0 Å². The lowest BCUT2D eigenvalue weighted by molar-refractivity contribution is 0.411. The first-order chi connectivity index (χ1) is 10.5. The van der Waals surface area contributed by atoms with Crippen LogP contribution in [0.1, 0.15) is 16.7 Å². The Kier molecular flexibility index (Phi) is 3.20. The van der Waals surface area contributed by atoms with Gasteiger partial charge in [-0.1, -0.05) is 0 Å². The molecule has 2 aromatic heterocycles. The molecule has 0 saturated carbocycles. The molecule has 3 aromatic rings. The smallest absolute Gasteiger partial charge is 0.181 e. The maximum Gasteiger partial charge on any atom is 0.181 e. The number of nitrogen functional groups attached to an aromatic ring is 1. The van der Waals surface area contributed by atoms with E-state index < -0.39 is 0 Å². The van der Waals surface area contributed by atoms with Gasteiger partial charge in [-0.2, -0.15) is 0 Å². The van der Waals surface area contributed by atoms with E-state index in [1.54, 1.807) is 19.4 Å². The molecule has 3 rings (SSSR count). The molecule has 0 aliphatic rings. The van der Waals surface area contributed by atoms with Gasteiger partial charge in [-0.3, -0.25) is 0 Å². The molecule has 0 saturated heterocycles. The minimum atomic E-state index is 0.174. The largest absolute Gasteiger partial charge is 0.507 e. The van der Waals surface area contributed by atoms with Crippen LogP contribution in [0.15, 0.2) is 22.7 Å². The quantitative estimate of drug-likeness (QED) is 0.753. The van der Waals surface area contributed by atoms with E-state index in [1.807, 2.05) is 26.8 Å². The summed E-state index contributed by atoms with van der Waals surface area (Å²) in [7, 11) is 1.55. The van der Waals surface area contributed by atoms with Crippen LogP contribution in [0.2, 0.25) is 0 Å². The van der Waals surface area contributed by atoms with Crippen LogP contribution >= 0.6 is 0 Å². The molecule has 5 heteroatoms. The fourth-order valence-corrected chi connectivity index (χ4v) is 2.69. The van der Waals surface area contributed by atoms with Crippen LogP contribution in [0, 0.1) is 20.8 Å². The Morgan fingerprint density at radius 3 is 2.55 bits per heavy atom. The molecule has 0 bridgehead atoms. The molecule has 22 heavy (non-hydrogen) atoms. The number of nitrogens with zero attached hydrogens (tertiary/aromatic N) is 1. The third kappa shape index (κ3) is 1.82. The van der Waals surface area contributed by atoms with E-state index in [2.05, 4.69) is 4.98 Å².